The first-order chi connectivity index (χ1) is 12.0. The zero-order valence-electron chi connectivity index (χ0n) is 13.6. The van der Waals surface area contributed by atoms with E-state index in [-0.39, 0.29) is 18.3 Å². The molecule has 1 N–H and O–H groups in total. The molecule has 132 valence electrons. The second kappa shape index (κ2) is 7.98. The van der Waals surface area contributed by atoms with Crippen molar-refractivity contribution in [2.45, 2.75) is 18.8 Å². The van der Waals surface area contributed by atoms with Gasteiger partial charge in [0, 0.05) is 19.2 Å². The van der Waals surface area contributed by atoms with Gasteiger partial charge in [-0.2, -0.15) is 0 Å². The number of aromatic hydroxyl groups is 1. The second-order valence-electron chi connectivity index (χ2n) is 6.11. The van der Waals surface area contributed by atoms with E-state index in [2.05, 4.69) is 0 Å². The van der Waals surface area contributed by atoms with Crippen molar-refractivity contribution in [3.8, 4) is 11.5 Å². The fourth-order valence-corrected chi connectivity index (χ4v) is 3.30. The SMILES string of the molecule is O=C(COc1ccc(Cl)c(Cl)c1)N1CCC(c2ccc(O)cc2)CC1. The van der Waals surface area contributed by atoms with Crippen LogP contribution in [0.4, 0.5) is 0 Å². The molecule has 0 atom stereocenters. The predicted octanol–water partition coefficient (Wildman–Crippen LogP) is 4.48. The molecule has 0 aromatic heterocycles. The number of ether oxygens (including phenoxy) is 1. The van der Waals surface area contributed by atoms with Gasteiger partial charge in [-0.25, -0.2) is 0 Å². The van der Waals surface area contributed by atoms with Crippen molar-refractivity contribution in [1.82, 2.24) is 4.90 Å². The third-order valence-electron chi connectivity index (χ3n) is 4.47. The molecular formula is C19H19Cl2NO3. The average molecular weight is 380 g/mol. The number of phenolic OH excluding ortho intramolecular Hbond substituents is 1. The van der Waals surface area contributed by atoms with Crippen LogP contribution in [0.5, 0.6) is 11.5 Å². The van der Waals surface area contributed by atoms with Crippen molar-refractivity contribution >= 4 is 29.1 Å². The van der Waals surface area contributed by atoms with Gasteiger partial charge in [-0.3, -0.25) is 4.79 Å². The Morgan fingerprint density at radius 3 is 2.40 bits per heavy atom. The number of piperidine rings is 1. The van der Waals surface area contributed by atoms with Crippen molar-refractivity contribution in [3.63, 3.8) is 0 Å². The number of halogens is 2. The first-order valence-electron chi connectivity index (χ1n) is 8.17. The van der Waals surface area contributed by atoms with Crippen molar-refractivity contribution in [2.75, 3.05) is 19.7 Å². The second-order valence-corrected chi connectivity index (χ2v) is 6.93. The fraction of sp³-hybridized carbons (Fsp3) is 0.316. The molecule has 1 saturated heterocycles. The van der Waals surface area contributed by atoms with Gasteiger partial charge in [-0.1, -0.05) is 35.3 Å². The lowest BCUT2D eigenvalue weighted by Crippen LogP contribution is -2.40. The first-order valence-corrected chi connectivity index (χ1v) is 8.93. The molecule has 1 fully saturated rings. The van der Waals surface area contributed by atoms with Crippen LogP contribution < -0.4 is 4.74 Å². The van der Waals surface area contributed by atoms with E-state index in [0.29, 0.717) is 34.8 Å². The highest BCUT2D eigenvalue weighted by molar-refractivity contribution is 6.42. The summed E-state index contributed by atoms with van der Waals surface area (Å²) >= 11 is 11.8. The number of carbonyl (C=O) groups excluding carboxylic acids is 1. The van der Waals surface area contributed by atoms with Crippen LogP contribution in [0, 0.1) is 0 Å². The van der Waals surface area contributed by atoms with Gasteiger partial charge in [-0.05, 0) is 48.6 Å². The minimum atomic E-state index is -0.0322. The molecule has 2 aromatic rings. The van der Waals surface area contributed by atoms with E-state index in [1.54, 1.807) is 30.3 Å². The minimum absolute atomic E-state index is 0.0121. The first kappa shape index (κ1) is 17.9. The number of likely N-dealkylation sites (tertiary alicyclic amines) is 1. The molecule has 0 radical (unpaired) electrons. The fourth-order valence-electron chi connectivity index (χ4n) is 3.01. The van der Waals surface area contributed by atoms with Crippen LogP contribution in [0.1, 0.15) is 24.3 Å². The molecule has 0 unspecified atom stereocenters. The molecule has 1 amide bonds. The maximum atomic E-state index is 12.3. The standard InChI is InChI=1S/C19H19Cl2NO3/c20-17-6-5-16(11-18(17)21)25-12-19(24)22-9-7-14(8-10-22)13-1-3-15(23)4-2-13/h1-6,11,14,23H,7-10,12H2. The van der Waals surface area contributed by atoms with Crippen LogP contribution in [0.15, 0.2) is 42.5 Å². The van der Waals surface area contributed by atoms with Crippen molar-refractivity contribution in [3.05, 3.63) is 58.1 Å². The number of rotatable bonds is 4. The van der Waals surface area contributed by atoms with E-state index in [9.17, 15) is 9.90 Å². The lowest BCUT2D eigenvalue weighted by molar-refractivity contribution is -0.134. The summed E-state index contributed by atoms with van der Waals surface area (Å²) < 4.78 is 5.52. The molecule has 1 heterocycles. The maximum absolute atomic E-state index is 12.3. The molecule has 1 aliphatic rings. The highest BCUT2D eigenvalue weighted by atomic mass is 35.5. The molecule has 2 aromatic carbocycles. The van der Waals surface area contributed by atoms with Crippen LogP contribution in [-0.2, 0) is 4.79 Å². The highest BCUT2D eigenvalue weighted by Crippen LogP contribution is 2.29. The Morgan fingerprint density at radius 2 is 1.76 bits per heavy atom. The van der Waals surface area contributed by atoms with Crippen LogP contribution in [0.3, 0.4) is 0 Å². The third-order valence-corrected chi connectivity index (χ3v) is 5.20. The smallest absolute Gasteiger partial charge is 0.260 e. The van der Waals surface area contributed by atoms with Crippen LogP contribution in [0.25, 0.3) is 0 Å². The summed E-state index contributed by atoms with van der Waals surface area (Å²) in [5, 5.41) is 10.2. The summed E-state index contributed by atoms with van der Waals surface area (Å²) in [6.07, 6.45) is 1.81. The van der Waals surface area contributed by atoms with E-state index < -0.39 is 0 Å². The number of hydrogen-bond acceptors (Lipinski definition) is 3. The van der Waals surface area contributed by atoms with E-state index in [1.807, 2.05) is 17.0 Å². The minimum Gasteiger partial charge on any atom is -0.508 e. The van der Waals surface area contributed by atoms with E-state index >= 15 is 0 Å². The Morgan fingerprint density at radius 1 is 1.08 bits per heavy atom. The van der Waals surface area contributed by atoms with Crippen molar-refractivity contribution in [1.29, 1.82) is 0 Å². The number of amides is 1. The number of benzene rings is 2. The summed E-state index contributed by atoms with van der Waals surface area (Å²) in [4.78, 5) is 14.1. The zero-order valence-corrected chi connectivity index (χ0v) is 15.1. The largest absolute Gasteiger partial charge is 0.508 e. The Balaban J connectivity index is 1.49. The quantitative estimate of drug-likeness (QED) is 0.851. The van der Waals surface area contributed by atoms with Crippen LogP contribution in [-0.4, -0.2) is 35.6 Å². The normalized spacial score (nSPS) is 15.2. The highest BCUT2D eigenvalue weighted by Gasteiger charge is 2.24. The monoisotopic (exact) mass is 379 g/mol. The van der Waals surface area contributed by atoms with Crippen molar-refractivity contribution < 1.29 is 14.6 Å². The van der Waals surface area contributed by atoms with Gasteiger partial charge in [0.2, 0.25) is 0 Å². The average Bonchev–Trinajstić information content (AvgIpc) is 2.63. The number of carbonyl (C=O) groups is 1. The van der Waals surface area contributed by atoms with Gasteiger partial charge >= 0.3 is 0 Å². The Kier molecular flexibility index (Phi) is 5.71. The Labute approximate surface area is 156 Å². The van der Waals surface area contributed by atoms with Gasteiger partial charge in [0.25, 0.3) is 5.91 Å². The van der Waals surface area contributed by atoms with Gasteiger partial charge in [0.05, 0.1) is 10.0 Å². The molecule has 3 rings (SSSR count). The molecule has 4 nitrogen and oxygen atoms in total. The van der Waals surface area contributed by atoms with E-state index in [4.69, 9.17) is 27.9 Å². The van der Waals surface area contributed by atoms with Crippen molar-refractivity contribution in [2.24, 2.45) is 0 Å². The molecular weight excluding hydrogens is 361 g/mol. The lowest BCUT2D eigenvalue weighted by atomic mass is 9.89. The topological polar surface area (TPSA) is 49.8 Å². The molecule has 25 heavy (non-hydrogen) atoms. The van der Waals surface area contributed by atoms with Gasteiger partial charge in [0.15, 0.2) is 6.61 Å². The van der Waals surface area contributed by atoms with Gasteiger partial charge in [-0.15, -0.1) is 0 Å². The molecule has 1 aliphatic heterocycles. The summed E-state index contributed by atoms with van der Waals surface area (Å²) in [7, 11) is 0. The Hall–Kier alpha value is -1.91. The molecule has 0 aliphatic carbocycles. The van der Waals surface area contributed by atoms with E-state index in [0.717, 1.165) is 12.8 Å². The number of phenols is 1. The lowest BCUT2D eigenvalue weighted by Gasteiger charge is -2.32. The zero-order chi connectivity index (χ0) is 17.8. The molecule has 0 saturated carbocycles. The van der Waals surface area contributed by atoms with Gasteiger partial charge in [0.1, 0.15) is 11.5 Å². The third kappa shape index (κ3) is 4.59. The van der Waals surface area contributed by atoms with Gasteiger partial charge < -0.3 is 14.7 Å². The summed E-state index contributed by atoms with van der Waals surface area (Å²) in [5.41, 5.74) is 1.21. The van der Waals surface area contributed by atoms with Crippen LogP contribution in [0.2, 0.25) is 10.0 Å². The number of nitrogens with zero attached hydrogens (tertiary/aromatic N) is 1. The summed E-state index contributed by atoms with van der Waals surface area (Å²) in [5.74, 6) is 1.19. The predicted molar refractivity (Wildman–Crippen MR) is 98.6 cm³/mol. The molecule has 0 bridgehead atoms. The van der Waals surface area contributed by atoms with E-state index in [1.165, 1.54) is 5.56 Å². The summed E-state index contributed by atoms with van der Waals surface area (Å²) in [6, 6.07) is 12.3. The Bertz CT molecular complexity index is 741. The van der Waals surface area contributed by atoms with Crippen LogP contribution >= 0.6 is 23.2 Å². The number of hydrogen-bond donors (Lipinski definition) is 1. The summed E-state index contributed by atoms with van der Waals surface area (Å²) in [6.45, 7) is 1.39. The maximum Gasteiger partial charge on any atom is 0.260 e. The molecule has 6 heteroatoms. The molecule has 0 spiro atoms.